The molecule has 1 aromatic carbocycles. The second-order valence-corrected chi connectivity index (χ2v) is 5.44. The van der Waals surface area contributed by atoms with Crippen LogP contribution in [0.5, 0.6) is 0 Å². The fourth-order valence-electron chi connectivity index (χ4n) is 1.96. The summed E-state index contributed by atoms with van der Waals surface area (Å²) in [6.07, 6.45) is 0.858. The number of aromatic nitrogens is 3. The third kappa shape index (κ3) is 3.35. The highest BCUT2D eigenvalue weighted by Gasteiger charge is 2.07. The van der Waals surface area contributed by atoms with Gasteiger partial charge < -0.3 is 5.32 Å². The molecule has 2 aromatic heterocycles. The summed E-state index contributed by atoms with van der Waals surface area (Å²) in [5.41, 5.74) is 1.36. The molecule has 0 amide bonds. The smallest absolute Gasteiger partial charge is 0.279 e. The molecule has 2 heterocycles. The summed E-state index contributed by atoms with van der Waals surface area (Å²) in [5, 5.41) is 13.0. The van der Waals surface area contributed by atoms with Crippen LogP contribution in [0.1, 0.15) is 5.56 Å². The molecule has 0 saturated heterocycles. The SMILES string of the molecule is O=c1[nH]c(NCCc2ccccc2)nnc1-c1cccs1. The van der Waals surface area contributed by atoms with Gasteiger partial charge in [0.2, 0.25) is 5.95 Å². The number of hydrogen-bond donors (Lipinski definition) is 2. The molecule has 0 spiro atoms. The monoisotopic (exact) mass is 298 g/mol. The quantitative estimate of drug-likeness (QED) is 0.759. The molecule has 3 aromatic rings. The predicted octanol–water partition coefficient (Wildman–Crippen LogP) is 2.55. The van der Waals surface area contributed by atoms with E-state index in [9.17, 15) is 4.79 Å². The van der Waals surface area contributed by atoms with Crippen LogP contribution in [0, 0.1) is 0 Å². The van der Waals surface area contributed by atoms with Gasteiger partial charge in [0.15, 0.2) is 5.69 Å². The number of rotatable bonds is 5. The Bertz CT molecular complexity index is 753. The van der Waals surface area contributed by atoms with E-state index in [2.05, 4.69) is 32.6 Å². The zero-order valence-electron chi connectivity index (χ0n) is 11.2. The summed E-state index contributed by atoms with van der Waals surface area (Å²) in [5.74, 6) is 0.399. The molecule has 2 N–H and O–H groups in total. The molecule has 0 fully saturated rings. The first-order chi connectivity index (χ1) is 10.3. The average molecular weight is 298 g/mol. The van der Waals surface area contributed by atoms with Crippen molar-refractivity contribution in [2.24, 2.45) is 0 Å². The molecule has 3 rings (SSSR count). The minimum atomic E-state index is -0.227. The van der Waals surface area contributed by atoms with E-state index in [4.69, 9.17) is 0 Å². The van der Waals surface area contributed by atoms with E-state index in [1.807, 2.05) is 35.7 Å². The van der Waals surface area contributed by atoms with Crippen molar-refractivity contribution in [3.05, 3.63) is 63.8 Å². The van der Waals surface area contributed by atoms with Gasteiger partial charge in [-0.2, -0.15) is 0 Å². The maximum atomic E-state index is 12.0. The highest BCUT2D eigenvalue weighted by atomic mass is 32.1. The van der Waals surface area contributed by atoms with E-state index in [-0.39, 0.29) is 5.56 Å². The zero-order valence-corrected chi connectivity index (χ0v) is 12.1. The molecular formula is C15H14N4OS. The highest BCUT2D eigenvalue weighted by Crippen LogP contribution is 2.18. The van der Waals surface area contributed by atoms with Gasteiger partial charge in [-0.25, -0.2) is 0 Å². The maximum absolute atomic E-state index is 12.0. The van der Waals surface area contributed by atoms with Crippen LogP contribution in [0.25, 0.3) is 10.6 Å². The number of nitrogens with one attached hydrogen (secondary N) is 2. The summed E-state index contributed by atoms with van der Waals surface area (Å²) < 4.78 is 0. The number of hydrogen-bond acceptors (Lipinski definition) is 5. The van der Waals surface area contributed by atoms with Crippen LogP contribution >= 0.6 is 11.3 Å². The molecule has 6 heteroatoms. The lowest BCUT2D eigenvalue weighted by atomic mass is 10.1. The Morgan fingerprint density at radius 1 is 1.10 bits per heavy atom. The van der Waals surface area contributed by atoms with E-state index in [1.165, 1.54) is 16.9 Å². The Balaban J connectivity index is 1.65. The minimum absolute atomic E-state index is 0.227. The third-order valence-corrected chi connectivity index (χ3v) is 3.88. The van der Waals surface area contributed by atoms with Crippen molar-refractivity contribution in [2.45, 2.75) is 6.42 Å². The lowest BCUT2D eigenvalue weighted by molar-refractivity contribution is 0.917. The molecule has 106 valence electrons. The summed E-state index contributed by atoms with van der Waals surface area (Å²) in [7, 11) is 0. The Labute approximate surface area is 125 Å². The van der Waals surface area contributed by atoms with Gasteiger partial charge in [0.1, 0.15) is 0 Å². The topological polar surface area (TPSA) is 70.7 Å². The van der Waals surface area contributed by atoms with E-state index in [0.29, 0.717) is 18.2 Å². The van der Waals surface area contributed by atoms with Crippen LogP contribution in [0.2, 0.25) is 0 Å². The average Bonchev–Trinajstić information content (AvgIpc) is 3.02. The molecule has 21 heavy (non-hydrogen) atoms. The molecule has 0 aliphatic heterocycles. The van der Waals surface area contributed by atoms with E-state index < -0.39 is 0 Å². The summed E-state index contributed by atoms with van der Waals surface area (Å²) in [6.45, 7) is 0.687. The number of thiophene rings is 1. The van der Waals surface area contributed by atoms with Gasteiger partial charge in [-0.1, -0.05) is 36.4 Å². The Kier molecular flexibility index (Phi) is 4.07. The van der Waals surface area contributed by atoms with Crippen LogP contribution in [-0.4, -0.2) is 21.7 Å². The van der Waals surface area contributed by atoms with Crippen LogP contribution in [0.4, 0.5) is 5.95 Å². The zero-order chi connectivity index (χ0) is 14.5. The van der Waals surface area contributed by atoms with Gasteiger partial charge in [-0.3, -0.25) is 9.78 Å². The van der Waals surface area contributed by atoms with Crippen molar-refractivity contribution >= 4 is 17.3 Å². The molecular weight excluding hydrogens is 284 g/mol. The highest BCUT2D eigenvalue weighted by molar-refractivity contribution is 7.13. The lowest BCUT2D eigenvalue weighted by Gasteiger charge is -2.05. The van der Waals surface area contributed by atoms with Gasteiger partial charge in [-0.05, 0) is 23.4 Å². The molecule has 0 unspecified atom stereocenters. The summed E-state index contributed by atoms with van der Waals surface area (Å²) >= 11 is 1.47. The number of nitrogens with zero attached hydrogens (tertiary/aromatic N) is 2. The van der Waals surface area contributed by atoms with Gasteiger partial charge in [0.25, 0.3) is 5.56 Å². The van der Waals surface area contributed by atoms with Crippen molar-refractivity contribution in [2.75, 3.05) is 11.9 Å². The second kappa shape index (κ2) is 6.32. The van der Waals surface area contributed by atoms with E-state index in [1.54, 1.807) is 0 Å². The van der Waals surface area contributed by atoms with Crippen LogP contribution in [-0.2, 0) is 6.42 Å². The first-order valence-corrected chi connectivity index (χ1v) is 7.49. The number of H-pyrrole nitrogens is 1. The largest absolute Gasteiger partial charge is 0.354 e. The Morgan fingerprint density at radius 3 is 2.67 bits per heavy atom. The first-order valence-electron chi connectivity index (χ1n) is 6.61. The van der Waals surface area contributed by atoms with Crippen molar-refractivity contribution in [1.82, 2.24) is 15.2 Å². The fourth-order valence-corrected chi connectivity index (χ4v) is 2.67. The number of aromatic amines is 1. The molecule has 0 aliphatic rings. The van der Waals surface area contributed by atoms with E-state index >= 15 is 0 Å². The van der Waals surface area contributed by atoms with Crippen LogP contribution in [0.3, 0.4) is 0 Å². The molecule has 0 bridgehead atoms. The van der Waals surface area contributed by atoms with Crippen molar-refractivity contribution in [3.63, 3.8) is 0 Å². The molecule has 0 saturated carbocycles. The van der Waals surface area contributed by atoms with Gasteiger partial charge >= 0.3 is 0 Å². The maximum Gasteiger partial charge on any atom is 0.279 e. The number of benzene rings is 1. The number of anilines is 1. The van der Waals surface area contributed by atoms with Crippen LogP contribution in [0.15, 0.2) is 52.6 Å². The fraction of sp³-hybridized carbons (Fsp3) is 0.133. The van der Waals surface area contributed by atoms with Crippen LogP contribution < -0.4 is 10.9 Å². The normalized spacial score (nSPS) is 10.5. The molecule has 5 nitrogen and oxygen atoms in total. The lowest BCUT2D eigenvalue weighted by Crippen LogP contribution is -2.17. The minimum Gasteiger partial charge on any atom is -0.354 e. The Morgan fingerprint density at radius 2 is 1.95 bits per heavy atom. The molecule has 0 atom stereocenters. The van der Waals surface area contributed by atoms with Crippen molar-refractivity contribution in [1.29, 1.82) is 0 Å². The van der Waals surface area contributed by atoms with E-state index in [0.717, 1.165) is 11.3 Å². The molecule has 0 aliphatic carbocycles. The first kappa shape index (κ1) is 13.5. The standard InChI is InChI=1S/C15H14N4OS/c20-14-13(12-7-4-10-21-12)18-19-15(17-14)16-9-8-11-5-2-1-3-6-11/h1-7,10H,8-9H2,(H2,16,17,19,20). The van der Waals surface area contributed by atoms with Gasteiger partial charge in [0, 0.05) is 6.54 Å². The van der Waals surface area contributed by atoms with Crippen molar-refractivity contribution in [3.8, 4) is 10.6 Å². The third-order valence-electron chi connectivity index (χ3n) is 3.00. The molecule has 0 radical (unpaired) electrons. The predicted molar refractivity (Wildman–Crippen MR) is 84.6 cm³/mol. The Hall–Kier alpha value is -2.47. The second-order valence-electron chi connectivity index (χ2n) is 4.49. The van der Waals surface area contributed by atoms with Gasteiger partial charge in [0.05, 0.1) is 4.88 Å². The van der Waals surface area contributed by atoms with Gasteiger partial charge in [-0.15, -0.1) is 21.5 Å². The summed E-state index contributed by atoms with van der Waals surface area (Å²) in [6, 6.07) is 13.9. The van der Waals surface area contributed by atoms with Crippen molar-refractivity contribution < 1.29 is 0 Å². The summed E-state index contributed by atoms with van der Waals surface area (Å²) in [4.78, 5) is 15.5.